The average Bonchev–Trinajstić information content (AvgIpc) is 3.17. The molecule has 0 radical (unpaired) electrons. The van der Waals surface area contributed by atoms with Gasteiger partial charge < -0.3 is 0 Å². The predicted octanol–water partition coefficient (Wildman–Crippen LogP) is 5.92. The highest BCUT2D eigenvalue weighted by atomic mass is 35.5. The molecule has 4 rings (SSSR count). The molecule has 0 amide bonds. The number of imidazole rings is 1. The number of nitrogens with zero attached hydrogens (tertiary/aromatic N) is 2. The van der Waals surface area contributed by atoms with E-state index in [4.69, 9.17) is 23.2 Å². The molecule has 0 aliphatic heterocycles. The summed E-state index contributed by atoms with van der Waals surface area (Å²) in [5.41, 5.74) is 3.16. The predicted molar refractivity (Wildman–Crippen MR) is 118 cm³/mol. The molecule has 0 atom stereocenters. The van der Waals surface area contributed by atoms with Gasteiger partial charge >= 0.3 is 0 Å². The summed E-state index contributed by atoms with van der Waals surface area (Å²) in [7, 11) is -3.29. The van der Waals surface area contributed by atoms with E-state index in [0.29, 0.717) is 15.9 Å². The number of hydrogen-bond acceptors (Lipinski definition) is 3. The summed E-state index contributed by atoms with van der Waals surface area (Å²) >= 11 is 12.9. The standard InChI is InChI=1S/C22H16Cl2N2O2S/c1-29(27,28)17-6-4-5-15(13-17)16-9-10-21(20(24)14-16)26-12-11-25-22(26)18-7-2-3-8-19(18)23/h2-14H,1H3. The zero-order valence-electron chi connectivity index (χ0n) is 15.4. The zero-order chi connectivity index (χ0) is 20.6. The quantitative estimate of drug-likeness (QED) is 0.394. The second kappa shape index (κ2) is 7.67. The van der Waals surface area contributed by atoms with Gasteiger partial charge in [0.15, 0.2) is 9.84 Å². The molecule has 0 aliphatic carbocycles. The Morgan fingerprint density at radius 2 is 1.62 bits per heavy atom. The van der Waals surface area contributed by atoms with Gasteiger partial charge in [-0.25, -0.2) is 13.4 Å². The van der Waals surface area contributed by atoms with E-state index in [1.54, 1.807) is 24.4 Å². The van der Waals surface area contributed by atoms with Gasteiger partial charge in [-0.2, -0.15) is 0 Å². The first-order chi connectivity index (χ1) is 13.8. The summed E-state index contributed by atoms with van der Waals surface area (Å²) in [6.45, 7) is 0. The fraction of sp³-hybridized carbons (Fsp3) is 0.0455. The van der Waals surface area contributed by atoms with Crippen LogP contribution in [-0.2, 0) is 9.84 Å². The lowest BCUT2D eigenvalue weighted by atomic mass is 10.1. The van der Waals surface area contributed by atoms with Crippen LogP contribution in [0.1, 0.15) is 0 Å². The van der Waals surface area contributed by atoms with Gasteiger partial charge in [0, 0.05) is 24.2 Å². The molecule has 0 spiro atoms. The SMILES string of the molecule is CS(=O)(=O)c1cccc(-c2ccc(-n3ccnc3-c3ccccc3Cl)c(Cl)c2)c1. The van der Waals surface area contributed by atoms with Crippen LogP contribution in [-0.4, -0.2) is 24.2 Å². The molecule has 3 aromatic carbocycles. The molecular formula is C22H16Cl2N2O2S. The Hall–Kier alpha value is -2.60. The van der Waals surface area contributed by atoms with Gasteiger partial charge in [0.1, 0.15) is 5.82 Å². The Bertz CT molecular complexity index is 1310. The first kappa shape index (κ1) is 19.7. The lowest BCUT2D eigenvalue weighted by Crippen LogP contribution is -1.99. The highest BCUT2D eigenvalue weighted by Gasteiger charge is 2.14. The summed E-state index contributed by atoms with van der Waals surface area (Å²) in [6, 6.07) is 19.9. The van der Waals surface area contributed by atoms with Gasteiger partial charge in [-0.15, -0.1) is 0 Å². The molecule has 0 unspecified atom stereocenters. The van der Waals surface area contributed by atoms with E-state index in [-0.39, 0.29) is 4.90 Å². The maximum Gasteiger partial charge on any atom is 0.175 e. The van der Waals surface area contributed by atoms with Crippen LogP contribution in [0.4, 0.5) is 0 Å². The van der Waals surface area contributed by atoms with Crippen molar-refractivity contribution in [2.24, 2.45) is 0 Å². The van der Waals surface area contributed by atoms with Gasteiger partial charge in [0.05, 0.1) is 20.6 Å². The van der Waals surface area contributed by atoms with Crippen LogP contribution >= 0.6 is 23.2 Å². The van der Waals surface area contributed by atoms with Gasteiger partial charge in [-0.1, -0.05) is 53.5 Å². The number of rotatable bonds is 4. The molecule has 4 aromatic rings. The lowest BCUT2D eigenvalue weighted by molar-refractivity contribution is 0.602. The van der Waals surface area contributed by atoms with Crippen LogP contribution in [0.5, 0.6) is 0 Å². The van der Waals surface area contributed by atoms with E-state index in [0.717, 1.165) is 22.4 Å². The van der Waals surface area contributed by atoms with E-state index in [9.17, 15) is 8.42 Å². The number of sulfone groups is 1. The fourth-order valence-electron chi connectivity index (χ4n) is 3.13. The van der Waals surface area contributed by atoms with Crippen LogP contribution in [0.3, 0.4) is 0 Å². The number of aromatic nitrogens is 2. The van der Waals surface area contributed by atoms with Crippen LogP contribution in [0.15, 0.2) is 84.0 Å². The largest absolute Gasteiger partial charge is 0.298 e. The normalized spacial score (nSPS) is 11.6. The third kappa shape index (κ3) is 3.94. The Morgan fingerprint density at radius 1 is 0.862 bits per heavy atom. The van der Waals surface area contributed by atoms with Gasteiger partial charge in [0.25, 0.3) is 0 Å². The minimum absolute atomic E-state index is 0.269. The summed E-state index contributed by atoms with van der Waals surface area (Å²) in [4.78, 5) is 4.71. The van der Waals surface area contributed by atoms with Gasteiger partial charge in [0.2, 0.25) is 0 Å². The monoisotopic (exact) mass is 442 g/mol. The number of halogens is 2. The topological polar surface area (TPSA) is 52.0 Å². The van der Waals surface area contributed by atoms with Crippen LogP contribution in [0, 0.1) is 0 Å². The van der Waals surface area contributed by atoms with Crippen LogP contribution in [0.25, 0.3) is 28.2 Å². The second-order valence-corrected chi connectivity index (χ2v) is 9.40. The summed E-state index contributed by atoms with van der Waals surface area (Å²) in [5, 5.41) is 1.11. The maximum absolute atomic E-state index is 11.8. The Kier molecular flexibility index (Phi) is 5.21. The molecule has 0 fully saturated rings. The van der Waals surface area contributed by atoms with Gasteiger partial charge in [-0.3, -0.25) is 4.57 Å². The molecule has 1 aromatic heterocycles. The average molecular weight is 443 g/mol. The van der Waals surface area contributed by atoms with Crippen molar-refractivity contribution in [3.05, 3.63) is 89.2 Å². The van der Waals surface area contributed by atoms with Crippen molar-refractivity contribution in [1.82, 2.24) is 9.55 Å². The summed E-state index contributed by atoms with van der Waals surface area (Å²) in [6.07, 6.45) is 4.71. The van der Waals surface area contributed by atoms with Crippen LogP contribution < -0.4 is 0 Å². The molecule has 0 saturated carbocycles. The van der Waals surface area contributed by atoms with Crippen molar-refractivity contribution in [2.75, 3.05) is 6.26 Å². The summed E-state index contributed by atoms with van der Waals surface area (Å²) in [5.74, 6) is 0.685. The fourth-order valence-corrected chi connectivity index (χ4v) is 4.29. The third-order valence-electron chi connectivity index (χ3n) is 4.56. The van der Waals surface area contributed by atoms with Gasteiger partial charge in [-0.05, 0) is 47.5 Å². The van der Waals surface area contributed by atoms with Crippen molar-refractivity contribution >= 4 is 33.0 Å². The van der Waals surface area contributed by atoms with E-state index >= 15 is 0 Å². The van der Waals surface area contributed by atoms with Crippen molar-refractivity contribution in [1.29, 1.82) is 0 Å². The number of benzene rings is 3. The molecule has 7 heteroatoms. The molecular weight excluding hydrogens is 427 g/mol. The first-order valence-electron chi connectivity index (χ1n) is 8.73. The molecule has 0 aliphatic rings. The maximum atomic E-state index is 11.8. The molecule has 146 valence electrons. The van der Waals surface area contributed by atoms with Crippen molar-refractivity contribution in [3.8, 4) is 28.2 Å². The third-order valence-corrected chi connectivity index (χ3v) is 6.30. The smallest absolute Gasteiger partial charge is 0.175 e. The second-order valence-electron chi connectivity index (χ2n) is 6.57. The molecule has 0 N–H and O–H groups in total. The first-order valence-corrected chi connectivity index (χ1v) is 11.4. The van der Waals surface area contributed by atoms with Crippen molar-refractivity contribution in [3.63, 3.8) is 0 Å². The molecule has 0 saturated heterocycles. The highest BCUT2D eigenvalue weighted by molar-refractivity contribution is 7.90. The van der Waals surface area contributed by atoms with Crippen molar-refractivity contribution < 1.29 is 8.42 Å². The van der Waals surface area contributed by atoms with E-state index in [1.165, 1.54) is 6.26 Å². The van der Waals surface area contributed by atoms with E-state index in [2.05, 4.69) is 4.98 Å². The Balaban J connectivity index is 1.77. The molecule has 29 heavy (non-hydrogen) atoms. The zero-order valence-corrected chi connectivity index (χ0v) is 17.7. The van der Waals surface area contributed by atoms with Crippen molar-refractivity contribution in [2.45, 2.75) is 4.90 Å². The van der Waals surface area contributed by atoms with E-state index in [1.807, 2.05) is 59.3 Å². The molecule has 0 bridgehead atoms. The highest BCUT2D eigenvalue weighted by Crippen LogP contribution is 2.33. The van der Waals surface area contributed by atoms with E-state index < -0.39 is 9.84 Å². The summed E-state index contributed by atoms with van der Waals surface area (Å²) < 4.78 is 25.6. The molecule has 4 nitrogen and oxygen atoms in total. The van der Waals surface area contributed by atoms with Crippen LogP contribution in [0.2, 0.25) is 10.0 Å². The minimum atomic E-state index is -3.29. The Labute approximate surface area is 179 Å². The minimum Gasteiger partial charge on any atom is -0.298 e. The Morgan fingerprint density at radius 3 is 2.34 bits per heavy atom. The molecule has 1 heterocycles. The number of hydrogen-bond donors (Lipinski definition) is 0. The lowest BCUT2D eigenvalue weighted by Gasteiger charge is -2.12.